The summed E-state index contributed by atoms with van der Waals surface area (Å²) in [4.78, 5) is 27.9. The van der Waals surface area contributed by atoms with E-state index in [0.717, 1.165) is 32.5 Å². The lowest BCUT2D eigenvalue weighted by Crippen LogP contribution is -2.63. The van der Waals surface area contributed by atoms with Crippen molar-refractivity contribution >= 4 is 40.3 Å². The largest absolute Gasteiger partial charge is 0.464 e. The molecule has 7 nitrogen and oxygen atoms in total. The van der Waals surface area contributed by atoms with Crippen LogP contribution in [-0.4, -0.2) is 52.8 Å². The fraction of sp³-hybridized carbons (Fsp3) is 0.440. The predicted molar refractivity (Wildman–Crippen MR) is 128 cm³/mol. The van der Waals surface area contributed by atoms with Crippen LogP contribution in [0.2, 0.25) is 0 Å². The van der Waals surface area contributed by atoms with Gasteiger partial charge < -0.3 is 24.2 Å². The molecule has 0 bridgehead atoms. The molecule has 176 valence electrons. The van der Waals surface area contributed by atoms with Gasteiger partial charge in [0, 0.05) is 16.2 Å². The highest BCUT2D eigenvalue weighted by molar-refractivity contribution is 8.01. The summed E-state index contributed by atoms with van der Waals surface area (Å²) >= 11 is 1.54. The quantitative estimate of drug-likeness (QED) is 0.393. The third-order valence-electron chi connectivity index (χ3n) is 6.71. The molecule has 5 rings (SSSR count). The SMILES string of the molecule is CC.COC(=O)C1=C(CN2Sc3c(CO)ccc4cccc2c34)C(C)C2[C@@H](C(C)O)C(=O)N12. The Hall–Kier alpha value is -2.55. The number of carbonyl (C=O) groups is 2. The van der Waals surface area contributed by atoms with E-state index in [4.69, 9.17) is 4.74 Å². The lowest BCUT2D eigenvalue weighted by Gasteiger charge is -2.46. The summed E-state index contributed by atoms with van der Waals surface area (Å²) in [6, 6.07) is 9.77. The third kappa shape index (κ3) is 3.43. The molecule has 1 saturated heterocycles. The first-order chi connectivity index (χ1) is 15.9. The second kappa shape index (κ2) is 9.00. The van der Waals surface area contributed by atoms with Crippen LogP contribution in [0.5, 0.6) is 0 Å². The molecule has 1 fully saturated rings. The van der Waals surface area contributed by atoms with Crippen molar-refractivity contribution in [3.8, 4) is 0 Å². The average Bonchev–Trinajstić information content (AvgIpc) is 3.30. The van der Waals surface area contributed by atoms with Crippen LogP contribution < -0.4 is 4.31 Å². The summed E-state index contributed by atoms with van der Waals surface area (Å²) in [5.74, 6) is -1.37. The van der Waals surface area contributed by atoms with Crippen molar-refractivity contribution in [1.82, 2.24) is 4.90 Å². The van der Waals surface area contributed by atoms with Crippen molar-refractivity contribution in [3.05, 3.63) is 47.2 Å². The predicted octanol–water partition coefficient (Wildman–Crippen LogP) is 3.47. The molecule has 2 aromatic rings. The summed E-state index contributed by atoms with van der Waals surface area (Å²) in [6.45, 7) is 8.00. The minimum absolute atomic E-state index is 0.0482. The number of benzene rings is 2. The summed E-state index contributed by atoms with van der Waals surface area (Å²) < 4.78 is 7.13. The fourth-order valence-electron chi connectivity index (χ4n) is 5.18. The van der Waals surface area contributed by atoms with Gasteiger partial charge in [0.15, 0.2) is 0 Å². The van der Waals surface area contributed by atoms with Crippen molar-refractivity contribution in [3.63, 3.8) is 0 Å². The minimum Gasteiger partial charge on any atom is -0.464 e. The Labute approximate surface area is 198 Å². The number of fused-ring (bicyclic) bond motifs is 1. The van der Waals surface area contributed by atoms with Gasteiger partial charge in [0.25, 0.3) is 0 Å². The Bertz CT molecular complexity index is 1150. The molecule has 8 heteroatoms. The van der Waals surface area contributed by atoms with Gasteiger partial charge in [0.1, 0.15) is 5.70 Å². The first kappa shape index (κ1) is 23.6. The number of hydrogen-bond acceptors (Lipinski definition) is 7. The molecule has 3 aliphatic heterocycles. The molecule has 0 aromatic heterocycles. The van der Waals surface area contributed by atoms with Gasteiger partial charge in [-0.3, -0.25) is 4.79 Å². The Morgan fingerprint density at radius 3 is 2.61 bits per heavy atom. The van der Waals surface area contributed by atoms with E-state index in [1.54, 1.807) is 18.9 Å². The Balaban J connectivity index is 0.00000126. The van der Waals surface area contributed by atoms with E-state index in [-0.39, 0.29) is 24.5 Å². The second-order valence-corrected chi connectivity index (χ2v) is 9.37. The van der Waals surface area contributed by atoms with E-state index in [2.05, 4.69) is 4.31 Å². The summed E-state index contributed by atoms with van der Waals surface area (Å²) in [7, 11) is 1.32. The van der Waals surface area contributed by atoms with E-state index in [0.29, 0.717) is 12.2 Å². The molecule has 3 heterocycles. The zero-order valence-electron chi connectivity index (χ0n) is 19.5. The number of ether oxygens (including phenoxy) is 1. The summed E-state index contributed by atoms with van der Waals surface area (Å²) in [5.41, 5.74) is 3.01. The molecular formula is C25H30N2O5S. The first-order valence-corrected chi connectivity index (χ1v) is 12.1. The highest BCUT2D eigenvalue weighted by atomic mass is 32.2. The van der Waals surface area contributed by atoms with E-state index in [9.17, 15) is 19.8 Å². The van der Waals surface area contributed by atoms with Crippen LogP contribution in [-0.2, 0) is 20.9 Å². The van der Waals surface area contributed by atoms with Crippen LogP contribution in [0.1, 0.15) is 33.3 Å². The number of amides is 1. The van der Waals surface area contributed by atoms with Crippen LogP contribution in [0.25, 0.3) is 10.8 Å². The lowest BCUT2D eigenvalue weighted by molar-refractivity contribution is -0.163. The van der Waals surface area contributed by atoms with Gasteiger partial charge in [0.2, 0.25) is 5.91 Å². The molecular weight excluding hydrogens is 440 g/mol. The van der Waals surface area contributed by atoms with E-state index < -0.39 is 18.0 Å². The molecule has 3 unspecified atom stereocenters. The highest BCUT2D eigenvalue weighted by Crippen LogP contribution is 2.52. The smallest absolute Gasteiger partial charge is 0.354 e. The molecule has 4 atom stereocenters. The van der Waals surface area contributed by atoms with Gasteiger partial charge in [-0.25, -0.2) is 4.79 Å². The Kier molecular flexibility index (Phi) is 6.44. The van der Waals surface area contributed by atoms with Crippen molar-refractivity contribution in [1.29, 1.82) is 0 Å². The minimum atomic E-state index is -0.777. The Morgan fingerprint density at radius 1 is 1.24 bits per heavy atom. The maximum atomic E-state index is 12.7. The van der Waals surface area contributed by atoms with Gasteiger partial charge in [-0.15, -0.1) is 0 Å². The normalized spacial score (nSPS) is 23.8. The van der Waals surface area contributed by atoms with Crippen LogP contribution >= 0.6 is 11.9 Å². The van der Waals surface area contributed by atoms with Crippen LogP contribution in [0.4, 0.5) is 5.69 Å². The van der Waals surface area contributed by atoms with Crippen molar-refractivity contribution in [2.24, 2.45) is 11.8 Å². The van der Waals surface area contributed by atoms with E-state index in [1.165, 1.54) is 12.0 Å². The molecule has 0 saturated carbocycles. The van der Waals surface area contributed by atoms with Crippen LogP contribution in [0.15, 0.2) is 46.5 Å². The molecule has 2 N–H and O–H groups in total. The number of hydrogen-bond donors (Lipinski definition) is 2. The van der Waals surface area contributed by atoms with E-state index in [1.807, 2.05) is 51.1 Å². The number of methoxy groups -OCH3 is 1. The summed E-state index contributed by atoms with van der Waals surface area (Å²) in [6.07, 6.45) is -0.777. The standard InChI is InChI=1S/C23H24N2O5S.C2H6/c1-11-15(20(23(29)30-3)25-19(11)17(12(2)27)22(25)28)9-24-16-6-4-5-13-7-8-14(10-26)21(31-24)18(13)16;1-2/h4-8,11-12,17,19,26-27H,9-10H2,1-3H3;1-2H3/t11?,12?,17-,19?;/m1./s1. The lowest BCUT2D eigenvalue weighted by atomic mass is 9.78. The van der Waals surface area contributed by atoms with Crippen molar-refractivity contribution < 1.29 is 24.5 Å². The monoisotopic (exact) mass is 470 g/mol. The number of esters is 1. The van der Waals surface area contributed by atoms with Crippen molar-refractivity contribution in [2.75, 3.05) is 18.0 Å². The summed E-state index contributed by atoms with van der Waals surface area (Å²) in [5, 5.41) is 22.1. The number of nitrogens with zero attached hydrogens (tertiary/aromatic N) is 2. The number of β-lactam (4-membered cyclic amide) rings is 1. The Morgan fingerprint density at radius 2 is 1.97 bits per heavy atom. The molecule has 1 amide bonds. The van der Waals surface area contributed by atoms with Gasteiger partial charge in [-0.1, -0.05) is 45.0 Å². The first-order valence-electron chi connectivity index (χ1n) is 11.3. The molecule has 0 radical (unpaired) electrons. The van der Waals surface area contributed by atoms with Gasteiger partial charge in [-0.2, -0.15) is 0 Å². The zero-order valence-corrected chi connectivity index (χ0v) is 20.3. The van der Waals surface area contributed by atoms with E-state index >= 15 is 0 Å². The number of aliphatic hydroxyl groups excluding tert-OH is 2. The number of carbonyl (C=O) groups excluding carboxylic acids is 2. The van der Waals surface area contributed by atoms with Crippen LogP contribution in [0, 0.1) is 11.8 Å². The third-order valence-corrected chi connectivity index (χ3v) is 7.90. The van der Waals surface area contributed by atoms with Gasteiger partial charge in [-0.05, 0) is 41.5 Å². The second-order valence-electron chi connectivity index (χ2n) is 8.33. The van der Waals surface area contributed by atoms with Gasteiger partial charge >= 0.3 is 5.97 Å². The fourth-order valence-corrected chi connectivity index (χ4v) is 6.42. The zero-order chi connectivity index (χ0) is 24.0. The molecule has 0 aliphatic carbocycles. The maximum absolute atomic E-state index is 12.7. The number of rotatable bonds is 5. The molecule has 33 heavy (non-hydrogen) atoms. The van der Waals surface area contributed by atoms with Gasteiger partial charge in [0.05, 0.1) is 44.0 Å². The topological polar surface area (TPSA) is 90.3 Å². The van der Waals surface area contributed by atoms with Crippen molar-refractivity contribution in [2.45, 2.75) is 51.3 Å². The number of anilines is 1. The average molecular weight is 471 g/mol. The molecule has 2 aromatic carbocycles. The number of aliphatic hydroxyl groups is 2. The molecule has 0 spiro atoms. The highest BCUT2D eigenvalue weighted by Gasteiger charge is 2.60. The van der Waals surface area contributed by atoms with Crippen LogP contribution in [0.3, 0.4) is 0 Å². The molecule has 3 aliphatic rings. The maximum Gasteiger partial charge on any atom is 0.354 e.